The van der Waals surface area contributed by atoms with Crippen LogP contribution in [0.5, 0.6) is 0 Å². The van der Waals surface area contributed by atoms with Crippen LogP contribution in [0.2, 0.25) is 0 Å². The summed E-state index contributed by atoms with van der Waals surface area (Å²) in [5.41, 5.74) is 0.542. The molecule has 25 heavy (non-hydrogen) atoms. The molecule has 1 aromatic heterocycles. The van der Waals surface area contributed by atoms with Crippen LogP contribution in [0.15, 0.2) is 23.1 Å². The number of alkyl halides is 3. The number of fused-ring (bicyclic) bond motifs is 1. The molecule has 0 saturated heterocycles. The molecule has 0 aliphatic carbocycles. The normalized spacial score (nSPS) is 12.8. The smallest absolute Gasteiger partial charge is 0.495 e. The predicted octanol–water partition coefficient (Wildman–Crippen LogP) is 0.518. The molecule has 0 bridgehead atoms. The van der Waals surface area contributed by atoms with Crippen molar-refractivity contribution in [3.8, 4) is 0 Å². The van der Waals surface area contributed by atoms with Gasteiger partial charge in [-0.2, -0.15) is 13.2 Å². The van der Waals surface area contributed by atoms with E-state index in [0.29, 0.717) is 5.52 Å². The summed E-state index contributed by atoms with van der Waals surface area (Å²) in [5.74, 6) is -0.840. The number of aromatic nitrogens is 2. The van der Waals surface area contributed by atoms with Crippen molar-refractivity contribution < 1.29 is 43.3 Å². The van der Waals surface area contributed by atoms with Gasteiger partial charge in [0.25, 0.3) is 0 Å². The lowest BCUT2D eigenvalue weighted by Gasteiger charge is -2.01. The third kappa shape index (κ3) is 5.14. The number of aryl methyl sites for hydroxylation is 2. The standard InChI is InChI=1S/C11H12F3N2O2S.CH4O4S/c1-15-8-5-4-7(19(3,17)18)6-9(8)16(2)10(15)11(12,13)14;1-5-6(2,3)4/h4-6H,1-3H3;1H3,(H,2,3,4)/q+1;/p-1. The summed E-state index contributed by atoms with van der Waals surface area (Å²) in [6.45, 7) is 0. The van der Waals surface area contributed by atoms with E-state index in [1.807, 2.05) is 0 Å². The van der Waals surface area contributed by atoms with Crippen LogP contribution < -0.4 is 4.57 Å². The molecule has 0 atom stereocenters. The first-order valence-corrected chi connectivity index (χ1v) is 9.59. The highest BCUT2D eigenvalue weighted by molar-refractivity contribution is 7.90. The zero-order valence-corrected chi connectivity index (χ0v) is 15.2. The number of hydrogen-bond donors (Lipinski definition) is 0. The summed E-state index contributed by atoms with van der Waals surface area (Å²) in [6, 6.07) is 3.93. The molecular formula is C12H15F3N2O6S2. The molecule has 0 radical (unpaired) electrons. The predicted molar refractivity (Wildman–Crippen MR) is 78.9 cm³/mol. The summed E-state index contributed by atoms with van der Waals surface area (Å²) >= 11 is 0. The highest BCUT2D eigenvalue weighted by Gasteiger charge is 2.45. The number of sulfone groups is 1. The van der Waals surface area contributed by atoms with Crippen LogP contribution in [-0.2, 0) is 44.7 Å². The molecule has 0 spiro atoms. The quantitative estimate of drug-likeness (QED) is 0.410. The van der Waals surface area contributed by atoms with Crippen molar-refractivity contribution in [1.82, 2.24) is 4.57 Å². The van der Waals surface area contributed by atoms with E-state index in [1.54, 1.807) is 0 Å². The van der Waals surface area contributed by atoms with Crippen LogP contribution in [0, 0.1) is 0 Å². The zero-order valence-electron chi connectivity index (χ0n) is 13.5. The van der Waals surface area contributed by atoms with Crippen LogP contribution in [0.1, 0.15) is 5.82 Å². The van der Waals surface area contributed by atoms with Gasteiger partial charge in [-0.3, -0.25) is 4.18 Å². The Kier molecular flexibility index (Phi) is 5.89. The third-order valence-corrected chi connectivity index (χ3v) is 4.71. The molecule has 2 aromatic rings. The molecule has 8 nitrogen and oxygen atoms in total. The van der Waals surface area contributed by atoms with Crippen molar-refractivity contribution in [3.05, 3.63) is 24.0 Å². The van der Waals surface area contributed by atoms with Gasteiger partial charge in [-0.05, 0) is 12.1 Å². The number of imidazole rings is 1. The topological polar surface area (TPSA) is 109 Å². The average Bonchev–Trinajstić information content (AvgIpc) is 2.69. The van der Waals surface area contributed by atoms with Gasteiger partial charge in [0.2, 0.25) is 10.4 Å². The first-order chi connectivity index (χ1) is 11.1. The monoisotopic (exact) mass is 404 g/mol. The first kappa shape index (κ1) is 21.3. The summed E-state index contributed by atoms with van der Waals surface area (Å²) < 4.78 is 94.6. The fraction of sp³-hybridized carbons (Fsp3) is 0.417. The van der Waals surface area contributed by atoms with E-state index >= 15 is 0 Å². The minimum absolute atomic E-state index is 0.00470. The van der Waals surface area contributed by atoms with Crippen molar-refractivity contribution in [2.24, 2.45) is 14.1 Å². The van der Waals surface area contributed by atoms with Gasteiger partial charge >= 0.3 is 12.0 Å². The fourth-order valence-corrected chi connectivity index (χ4v) is 2.76. The highest BCUT2D eigenvalue weighted by Crippen LogP contribution is 2.29. The molecular weight excluding hydrogens is 389 g/mol. The number of halogens is 3. The molecule has 13 heteroatoms. The van der Waals surface area contributed by atoms with Crippen molar-refractivity contribution in [1.29, 1.82) is 0 Å². The second-order valence-electron chi connectivity index (χ2n) is 4.94. The number of nitrogens with zero attached hydrogens (tertiary/aromatic N) is 2. The molecule has 0 unspecified atom stereocenters. The van der Waals surface area contributed by atoms with E-state index in [-0.39, 0.29) is 10.4 Å². The lowest BCUT2D eigenvalue weighted by atomic mass is 10.3. The third-order valence-electron chi connectivity index (χ3n) is 3.19. The summed E-state index contributed by atoms with van der Waals surface area (Å²) in [4.78, 5) is -0.00470. The maximum atomic E-state index is 12.9. The number of hydrogen-bond acceptors (Lipinski definition) is 6. The SMILES string of the molecule is COS(=O)(=O)[O-].Cn1c(C(F)(F)F)[n+](C)c2ccc(S(C)(=O)=O)cc21. The van der Waals surface area contributed by atoms with Gasteiger partial charge in [0.1, 0.15) is 0 Å². The van der Waals surface area contributed by atoms with Gasteiger partial charge < -0.3 is 4.55 Å². The van der Waals surface area contributed by atoms with Crippen molar-refractivity contribution in [2.75, 3.05) is 13.4 Å². The Morgan fingerprint density at radius 3 is 2.04 bits per heavy atom. The maximum absolute atomic E-state index is 12.9. The largest absolute Gasteiger partial charge is 0.726 e. The lowest BCUT2D eigenvalue weighted by molar-refractivity contribution is -0.667. The van der Waals surface area contributed by atoms with Gasteiger partial charge in [-0.1, -0.05) is 0 Å². The average molecular weight is 404 g/mol. The van der Waals surface area contributed by atoms with Crippen molar-refractivity contribution >= 4 is 31.3 Å². The molecule has 1 aromatic carbocycles. The molecule has 2 rings (SSSR count). The van der Waals surface area contributed by atoms with Gasteiger partial charge in [0.15, 0.2) is 20.9 Å². The van der Waals surface area contributed by atoms with Crippen LogP contribution in [0.4, 0.5) is 13.2 Å². The second-order valence-corrected chi connectivity index (χ2v) is 8.10. The number of benzene rings is 1. The molecule has 142 valence electrons. The molecule has 1 heterocycles. The van der Waals surface area contributed by atoms with E-state index < -0.39 is 32.2 Å². The van der Waals surface area contributed by atoms with E-state index in [1.165, 1.54) is 32.3 Å². The van der Waals surface area contributed by atoms with Gasteiger partial charge in [0, 0.05) is 12.3 Å². The van der Waals surface area contributed by atoms with Crippen molar-refractivity contribution in [2.45, 2.75) is 11.1 Å². The molecule has 0 amide bonds. The summed E-state index contributed by atoms with van der Waals surface area (Å²) in [5, 5.41) is 0. The first-order valence-electron chi connectivity index (χ1n) is 6.36. The maximum Gasteiger partial charge on any atom is 0.495 e. The molecule has 0 N–H and O–H groups in total. The van der Waals surface area contributed by atoms with Gasteiger partial charge in [0.05, 0.1) is 26.1 Å². The fourth-order valence-electron chi connectivity index (χ4n) is 2.12. The Labute approximate surface area is 142 Å². The van der Waals surface area contributed by atoms with Crippen molar-refractivity contribution in [3.63, 3.8) is 0 Å². The van der Waals surface area contributed by atoms with E-state index in [9.17, 15) is 34.6 Å². The summed E-state index contributed by atoms with van der Waals surface area (Å²) in [7, 11) is -4.50. The van der Waals surface area contributed by atoms with E-state index in [0.717, 1.165) is 22.5 Å². The Balaban J connectivity index is 0.000000450. The number of rotatable bonds is 2. The van der Waals surface area contributed by atoms with Crippen LogP contribution in [0.3, 0.4) is 0 Å². The minimum Gasteiger partial charge on any atom is -0.726 e. The minimum atomic E-state index is -4.51. The highest BCUT2D eigenvalue weighted by atomic mass is 32.3. The van der Waals surface area contributed by atoms with E-state index in [4.69, 9.17) is 0 Å². The van der Waals surface area contributed by atoms with Crippen LogP contribution in [0.25, 0.3) is 11.0 Å². The molecule has 0 fully saturated rings. The Morgan fingerprint density at radius 1 is 1.20 bits per heavy atom. The van der Waals surface area contributed by atoms with Crippen LogP contribution >= 0.6 is 0 Å². The van der Waals surface area contributed by atoms with Gasteiger partial charge in [-0.15, -0.1) is 0 Å². The second kappa shape index (κ2) is 6.90. The lowest BCUT2D eigenvalue weighted by Crippen LogP contribution is -2.37. The summed E-state index contributed by atoms with van der Waals surface area (Å²) in [6.07, 6.45) is -3.49. The Bertz CT molecular complexity index is 994. The molecule has 0 aliphatic rings. The zero-order chi connectivity index (χ0) is 19.8. The Morgan fingerprint density at radius 2 is 1.68 bits per heavy atom. The van der Waals surface area contributed by atoms with E-state index in [2.05, 4.69) is 4.18 Å². The van der Waals surface area contributed by atoms with Crippen LogP contribution in [-0.4, -0.2) is 39.3 Å². The molecule has 0 aliphatic heterocycles. The van der Waals surface area contributed by atoms with Gasteiger partial charge in [-0.25, -0.2) is 26.0 Å². The molecule has 0 saturated carbocycles. The Hall–Kier alpha value is -1.70.